The highest BCUT2D eigenvalue weighted by atomic mass is 16.5. The molecule has 1 N–H and O–H groups in total. The predicted octanol–water partition coefficient (Wildman–Crippen LogP) is 2.91. The molecule has 92 valence electrons. The summed E-state index contributed by atoms with van der Waals surface area (Å²) in [5.41, 5.74) is 1.41. The Morgan fingerprint density at radius 1 is 1.06 bits per heavy atom. The van der Waals surface area contributed by atoms with Gasteiger partial charge < -0.3 is 9.84 Å². The quantitative estimate of drug-likeness (QED) is 0.896. The smallest absolute Gasteiger partial charge is 0.315 e. The van der Waals surface area contributed by atoms with Gasteiger partial charge in [-0.25, -0.2) is 0 Å². The van der Waals surface area contributed by atoms with Gasteiger partial charge in [0.15, 0.2) is 0 Å². The summed E-state index contributed by atoms with van der Waals surface area (Å²) in [6.45, 7) is 0. The molecule has 0 fully saturated rings. The number of rotatable bonds is 4. The summed E-state index contributed by atoms with van der Waals surface area (Å²) in [5.74, 6) is -0.998. The van der Waals surface area contributed by atoms with Gasteiger partial charge in [-0.2, -0.15) is 0 Å². The Labute approximate surface area is 106 Å². The molecule has 0 radical (unpaired) electrons. The van der Waals surface area contributed by atoms with Crippen molar-refractivity contribution in [1.82, 2.24) is 0 Å². The molecule has 3 heteroatoms. The fraction of sp³-hybridized carbons (Fsp3) is 0.133. The number of carboxylic acid groups (broad SMARTS) is 1. The third kappa shape index (κ3) is 2.35. The number of hydrogen-bond donors (Lipinski definition) is 1. The van der Waals surface area contributed by atoms with E-state index in [0.717, 1.165) is 5.56 Å². The zero-order valence-electron chi connectivity index (χ0n) is 10.0. The van der Waals surface area contributed by atoms with Gasteiger partial charge in [-0.15, -0.1) is 0 Å². The highest BCUT2D eigenvalue weighted by Crippen LogP contribution is 2.31. The third-order valence-corrected chi connectivity index (χ3v) is 2.83. The lowest BCUT2D eigenvalue weighted by atomic mass is 9.91. The SMILES string of the molecule is COc1ccccc1C(C(=O)O)c1ccccc1. The van der Waals surface area contributed by atoms with Crippen LogP contribution in [-0.2, 0) is 4.79 Å². The topological polar surface area (TPSA) is 46.5 Å². The predicted molar refractivity (Wildman–Crippen MR) is 68.9 cm³/mol. The average Bonchev–Trinajstić information content (AvgIpc) is 2.40. The van der Waals surface area contributed by atoms with Gasteiger partial charge in [0, 0.05) is 5.56 Å². The number of methoxy groups -OCH3 is 1. The number of aliphatic carboxylic acids is 1. The Kier molecular flexibility index (Phi) is 3.63. The Balaban J connectivity index is 2.52. The summed E-state index contributed by atoms with van der Waals surface area (Å²) in [5, 5.41) is 9.44. The molecule has 0 aromatic heterocycles. The van der Waals surface area contributed by atoms with Crippen LogP contribution in [0.1, 0.15) is 17.0 Å². The summed E-state index contributed by atoms with van der Waals surface area (Å²) in [6.07, 6.45) is 0. The van der Waals surface area contributed by atoms with E-state index in [1.165, 1.54) is 0 Å². The molecule has 0 saturated heterocycles. The van der Waals surface area contributed by atoms with E-state index in [-0.39, 0.29) is 0 Å². The first-order valence-corrected chi connectivity index (χ1v) is 5.64. The second kappa shape index (κ2) is 5.36. The second-order valence-electron chi connectivity index (χ2n) is 3.92. The van der Waals surface area contributed by atoms with Crippen molar-refractivity contribution >= 4 is 5.97 Å². The summed E-state index contributed by atoms with van der Waals surface area (Å²) >= 11 is 0. The number of benzene rings is 2. The lowest BCUT2D eigenvalue weighted by molar-refractivity contribution is -0.137. The summed E-state index contributed by atoms with van der Waals surface area (Å²) in [6, 6.07) is 16.4. The van der Waals surface area contributed by atoms with Crippen molar-refractivity contribution in [3.05, 3.63) is 65.7 Å². The van der Waals surface area contributed by atoms with Crippen LogP contribution in [0.15, 0.2) is 54.6 Å². The first kappa shape index (κ1) is 12.2. The molecule has 0 bridgehead atoms. The van der Waals surface area contributed by atoms with Gasteiger partial charge >= 0.3 is 5.97 Å². The van der Waals surface area contributed by atoms with Crippen LogP contribution in [0.5, 0.6) is 5.75 Å². The molecule has 0 aliphatic rings. The molecule has 2 aromatic carbocycles. The summed E-state index contributed by atoms with van der Waals surface area (Å²) in [4.78, 5) is 11.5. The van der Waals surface area contributed by atoms with Gasteiger partial charge in [0.25, 0.3) is 0 Å². The van der Waals surface area contributed by atoms with E-state index in [2.05, 4.69) is 0 Å². The van der Waals surface area contributed by atoms with Crippen molar-refractivity contribution in [1.29, 1.82) is 0 Å². The number of para-hydroxylation sites is 1. The van der Waals surface area contributed by atoms with Crippen LogP contribution < -0.4 is 4.74 Å². The maximum absolute atomic E-state index is 11.5. The molecule has 2 rings (SSSR count). The van der Waals surface area contributed by atoms with Crippen molar-refractivity contribution in [2.75, 3.05) is 7.11 Å². The van der Waals surface area contributed by atoms with Crippen LogP contribution in [0.2, 0.25) is 0 Å². The van der Waals surface area contributed by atoms with Crippen LogP contribution in [0, 0.1) is 0 Å². The van der Waals surface area contributed by atoms with Crippen LogP contribution in [-0.4, -0.2) is 18.2 Å². The maximum Gasteiger partial charge on any atom is 0.315 e. The Morgan fingerprint density at radius 2 is 1.67 bits per heavy atom. The lowest BCUT2D eigenvalue weighted by Crippen LogP contribution is -2.14. The number of hydrogen-bond acceptors (Lipinski definition) is 2. The van der Waals surface area contributed by atoms with Crippen molar-refractivity contribution < 1.29 is 14.6 Å². The van der Waals surface area contributed by atoms with Gasteiger partial charge in [-0.1, -0.05) is 48.5 Å². The standard InChI is InChI=1S/C15H14O3/c1-18-13-10-6-5-9-12(13)14(15(16)17)11-7-3-2-4-8-11/h2-10,14H,1H3,(H,16,17). The minimum atomic E-state index is -0.884. The van der Waals surface area contributed by atoms with Crippen LogP contribution >= 0.6 is 0 Å². The van der Waals surface area contributed by atoms with E-state index in [4.69, 9.17) is 4.74 Å². The second-order valence-corrected chi connectivity index (χ2v) is 3.92. The number of carboxylic acids is 1. The van der Waals surface area contributed by atoms with Crippen LogP contribution in [0.3, 0.4) is 0 Å². The van der Waals surface area contributed by atoms with Crippen molar-refractivity contribution in [2.24, 2.45) is 0 Å². The molecule has 0 amide bonds. The monoisotopic (exact) mass is 242 g/mol. The third-order valence-electron chi connectivity index (χ3n) is 2.83. The molecular weight excluding hydrogens is 228 g/mol. The van der Waals surface area contributed by atoms with Crippen molar-refractivity contribution in [3.63, 3.8) is 0 Å². The fourth-order valence-corrected chi connectivity index (χ4v) is 2.01. The minimum Gasteiger partial charge on any atom is -0.496 e. The highest BCUT2D eigenvalue weighted by molar-refractivity contribution is 5.81. The van der Waals surface area contributed by atoms with E-state index in [9.17, 15) is 9.90 Å². The molecule has 0 heterocycles. The van der Waals surface area contributed by atoms with Gasteiger partial charge in [-0.3, -0.25) is 4.79 Å². The first-order valence-electron chi connectivity index (χ1n) is 5.64. The molecule has 1 unspecified atom stereocenters. The van der Waals surface area contributed by atoms with Crippen LogP contribution in [0.4, 0.5) is 0 Å². The van der Waals surface area contributed by atoms with Gasteiger partial charge in [-0.05, 0) is 11.6 Å². The largest absolute Gasteiger partial charge is 0.496 e. The van der Waals surface area contributed by atoms with Gasteiger partial charge in [0.1, 0.15) is 11.7 Å². The van der Waals surface area contributed by atoms with Crippen molar-refractivity contribution in [3.8, 4) is 5.75 Å². The normalized spacial score (nSPS) is 11.8. The molecule has 0 spiro atoms. The zero-order chi connectivity index (χ0) is 13.0. The minimum absolute atomic E-state index is 0.591. The molecule has 0 aliphatic carbocycles. The van der Waals surface area contributed by atoms with E-state index in [0.29, 0.717) is 11.3 Å². The number of carbonyl (C=O) groups is 1. The Bertz CT molecular complexity index is 534. The molecule has 0 aliphatic heterocycles. The maximum atomic E-state index is 11.5. The summed E-state index contributed by atoms with van der Waals surface area (Å²) in [7, 11) is 1.54. The van der Waals surface area contributed by atoms with E-state index in [1.54, 1.807) is 19.2 Å². The highest BCUT2D eigenvalue weighted by Gasteiger charge is 2.24. The average molecular weight is 242 g/mol. The zero-order valence-corrected chi connectivity index (χ0v) is 10.0. The Morgan fingerprint density at radius 3 is 2.28 bits per heavy atom. The Hall–Kier alpha value is -2.29. The lowest BCUT2D eigenvalue weighted by Gasteiger charge is -2.16. The van der Waals surface area contributed by atoms with Crippen LogP contribution in [0.25, 0.3) is 0 Å². The molecule has 3 nitrogen and oxygen atoms in total. The van der Waals surface area contributed by atoms with Gasteiger partial charge in [0.2, 0.25) is 0 Å². The fourth-order valence-electron chi connectivity index (χ4n) is 2.01. The molecule has 18 heavy (non-hydrogen) atoms. The number of ether oxygens (including phenoxy) is 1. The summed E-state index contributed by atoms with van der Waals surface area (Å²) < 4.78 is 5.23. The molecule has 0 saturated carbocycles. The molecule has 2 aromatic rings. The van der Waals surface area contributed by atoms with E-state index in [1.807, 2.05) is 42.5 Å². The first-order chi connectivity index (χ1) is 8.74. The molecular formula is C15H14O3. The van der Waals surface area contributed by atoms with Crippen molar-refractivity contribution in [2.45, 2.75) is 5.92 Å². The molecule has 1 atom stereocenters. The van der Waals surface area contributed by atoms with E-state index >= 15 is 0 Å². The van der Waals surface area contributed by atoms with E-state index < -0.39 is 11.9 Å². The van der Waals surface area contributed by atoms with Gasteiger partial charge in [0.05, 0.1) is 7.11 Å².